The maximum absolute atomic E-state index is 5.90. The summed E-state index contributed by atoms with van der Waals surface area (Å²) in [5.74, 6) is 1.79. The van der Waals surface area contributed by atoms with E-state index in [1.165, 1.54) is 30.4 Å². The van der Waals surface area contributed by atoms with E-state index in [1.54, 1.807) is 0 Å². The minimum absolute atomic E-state index is 0.0639. The Morgan fingerprint density at radius 1 is 0.947 bits per heavy atom. The van der Waals surface area contributed by atoms with Gasteiger partial charge in [0.15, 0.2) is 0 Å². The van der Waals surface area contributed by atoms with Gasteiger partial charge in [-0.1, -0.05) is 18.2 Å². The Kier molecular flexibility index (Phi) is 3.26. The van der Waals surface area contributed by atoms with Crippen LogP contribution in [0.4, 0.5) is 0 Å². The van der Waals surface area contributed by atoms with Gasteiger partial charge in [0.25, 0.3) is 0 Å². The Balaban J connectivity index is 1.77. The zero-order valence-electron chi connectivity index (χ0n) is 11.2. The summed E-state index contributed by atoms with van der Waals surface area (Å²) >= 11 is 0. The standard InChI is InChI=1S/C17H19NO/c1-12(18)13-5-8-16(9-6-13)19-17-10-7-14-3-2-4-15(14)11-17/h5-12H,2-4,18H2,1H3/t12-/m0/s1. The third-order valence-electron chi connectivity index (χ3n) is 3.71. The fraction of sp³-hybridized carbons (Fsp3) is 0.294. The molecule has 1 aliphatic rings. The molecule has 0 spiro atoms. The summed E-state index contributed by atoms with van der Waals surface area (Å²) in [7, 11) is 0. The molecule has 19 heavy (non-hydrogen) atoms. The van der Waals surface area contributed by atoms with E-state index in [0.29, 0.717) is 0 Å². The summed E-state index contributed by atoms with van der Waals surface area (Å²) in [5, 5.41) is 0. The summed E-state index contributed by atoms with van der Waals surface area (Å²) in [6, 6.07) is 14.5. The lowest BCUT2D eigenvalue weighted by Crippen LogP contribution is -2.04. The van der Waals surface area contributed by atoms with Gasteiger partial charge in [-0.2, -0.15) is 0 Å². The first kappa shape index (κ1) is 12.2. The molecule has 0 bridgehead atoms. The number of benzene rings is 2. The van der Waals surface area contributed by atoms with Crippen LogP contribution < -0.4 is 10.5 Å². The number of hydrogen-bond donors (Lipinski definition) is 1. The van der Waals surface area contributed by atoms with Gasteiger partial charge in [0.2, 0.25) is 0 Å². The third-order valence-corrected chi connectivity index (χ3v) is 3.71. The van der Waals surface area contributed by atoms with Crippen LogP contribution in [-0.2, 0) is 12.8 Å². The van der Waals surface area contributed by atoms with Gasteiger partial charge in [-0.05, 0) is 67.1 Å². The number of hydrogen-bond acceptors (Lipinski definition) is 2. The molecule has 0 aliphatic heterocycles. The Bertz CT molecular complexity index is 572. The molecule has 0 heterocycles. The van der Waals surface area contributed by atoms with Gasteiger partial charge in [-0.3, -0.25) is 0 Å². The lowest BCUT2D eigenvalue weighted by Gasteiger charge is -2.10. The van der Waals surface area contributed by atoms with E-state index in [-0.39, 0.29) is 6.04 Å². The van der Waals surface area contributed by atoms with Crippen LogP contribution in [0.3, 0.4) is 0 Å². The van der Waals surface area contributed by atoms with Crippen LogP contribution in [0, 0.1) is 0 Å². The first-order valence-electron chi connectivity index (χ1n) is 6.87. The third kappa shape index (κ3) is 2.64. The van der Waals surface area contributed by atoms with Crippen molar-refractivity contribution in [3.05, 3.63) is 59.2 Å². The molecule has 0 radical (unpaired) electrons. The fourth-order valence-electron chi connectivity index (χ4n) is 2.59. The largest absolute Gasteiger partial charge is 0.457 e. The predicted octanol–water partition coefficient (Wildman–Crippen LogP) is 3.99. The molecule has 0 fully saturated rings. The smallest absolute Gasteiger partial charge is 0.127 e. The molecule has 0 aromatic heterocycles. The Morgan fingerprint density at radius 3 is 2.37 bits per heavy atom. The normalized spacial score (nSPS) is 15.1. The zero-order chi connectivity index (χ0) is 13.2. The topological polar surface area (TPSA) is 35.2 Å². The van der Waals surface area contributed by atoms with E-state index in [2.05, 4.69) is 18.2 Å². The predicted molar refractivity (Wildman–Crippen MR) is 77.6 cm³/mol. The van der Waals surface area contributed by atoms with Crippen molar-refractivity contribution in [2.45, 2.75) is 32.2 Å². The number of ether oxygens (including phenoxy) is 1. The molecular formula is C17H19NO. The molecule has 2 N–H and O–H groups in total. The lowest BCUT2D eigenvalue weighted by molar-refractivity contribution is 0.481. The summed E-state index contributed by atoms with van der Waals surface area (Å²) in [5.41, 5.74) is 9.87. The summed E-state index contributed by atoms with van der Waals surface area (Å²) < 4.78 is 5.90. The Hall–Kier alpha value is -1.80. The second-order valence-electron chi connectivity index (χ2n) is 5.24. The van der Waals surface area contributed by atoms with Crippen LogP contribution in [-0.4, -0.2) is 0 Å². The maximum atomic E-state index is 5.90. The quantitative estimate of drug-likeness (QED) is 0.897. The van der Waals surface area contributed by atoms with Crippen molar-refractivity contribution >= 4 is 0 Å². The molecule has 2 aromatic rings. The second-order valence-corrected chi connectivity index (χ2v) is 5.24. The highest BCUT2D eigenvalue weighted by Crippen LogP contribution is 2.29. The van der Waals surface area contributed by atoms with Gasteiger partial charge in [0.05, 0.1) is 0 Å². The molecule has 0 saturated heterocycles. The van der Waals surface area contributed by atoms with Crippen molar-refractivity contribution in [3.8, 4) is 11.5 Å². The first-order chi connectivity index (χ1) is 9.22. The van der Waals surface area contributed by atoms with Gasteiger partial charge in [0, 0.05) is 6.04 Å². The molecule has 1 atom stereocenters. The minimum atomic E-state index is 0.0639. The summed E-state index contributed by atoms with van der Waals surface area (Å²) in [6.07, 6.45) is 3.65. The Morgan fingerprint density at radius 2 is 1.63 bits per heavy atom. The molecular weight excluding hydrogens is 234 g/mol. The summed E-state index contributed by atoms with van der Waals surface area (Å²) in [6.45, 7) is 1.98. The van der Waals surface area contributed by atoms with E-state index in [1.807, 2.05) is 31.2 Å². The summed E-state index contributed by atoms with van der Waals surface area (Å²) in [4.78, 5) is 0. The van der Waals surface area contributed by atoms with Crippen molar-refractivity contribution in [1.82, 2.24) is 0 Å². The molecule has 2 heteroatoms. The monoisotopic (exact) mass is 253 g/mol. The van der Waals surface area contributed by atoms with Gasteiger partial charge < -0.3 is 10.5 Å². The highest BCUT2D eigenvalue weighted by atomic mass is 16.5. The highest BCUT2D eigenvalue weighted by molar-refractivity contribution is 5.41. The average Bonchev–Trinajstić information content (AvgIpc) is 2.87. The van der Waals surface area contributed by atoms with Crippen molar-refractivity contribution in [2.75, 3.05) is 0 Å². The van der Waals surface area contributed by atoms with Gasteiger partial charge >= 0.3 is 0 Å². The molecule has 3 rings (SSSR count). The fourth-order valence-corrected chi connectivity index (χ4v) is 2.59. The second kappa shape index (κ2) is 5.06. The zero-order valence-corrected chi connectivity index (χ0v) is 11.2. The van der Waals surface area contributed by atoms with Crippen molar-refractivity contribution in [1.29, 1.82) is 0 Å². The molecule has 1 aliphatic carbocycles. The lowest BCUT2D eigenvalue weighted by atomic mass is 10.1. The number of fused-ring (bicyclic) bond motifs is 1. The van der Waals surface area contributed by atoms with Crippen LogP contribution in [0.5, 0.6) is 11.5 Å². The molecule has 2 nitrogen and oxygen atoms in total. The maximum Gasteiger partial charge on any atom is 0.127 e. The van der Waals surface area contributed by atoms with Crippen LogP contribution in [0.15, 0.2) is 42.5 Å². The van der Waals surface area contributed by atoms with Crippen molar-refractivity contribution in [2.24, 2.45) is 5.73 Å². The van der Waals surface area contributed by atoms with E-state index in [0.717, 1.165) is 17.1 Å². The first-order valence-corrected chi connectivity index (χ1v) is 6.87. The molecule has 2 aromatic carbocycles. The highest BCUT2D eigenvalue weighted by Gasteiger charge is 2.11. The molecule has 0 unspecified atom stereocenters. The van der Waals surface area contributed by atoms with E-state index < -0.39 is 0 Å². The van der Waals surface area contributed by atoms with Gasteiger partial charge in [0.1, 0.15) is 11.5 Å². The van der Waals surface area contributed by atoms with Gasteiger partial charge in [-0.15, -0.1) is 0 Å². The van der Waals surface area contributed by atoms with E-state index >= 15 is 0 Å². The Labute approximate surface area is 114 Å². The number of aryl methyl sites for hydroxylation is 2. The molecule has 0 amide bonds. The van der Waals surface area contributed by atoms with Gasteiger partial charge in [-0.25, -0.2) is 0 Å². The molecule has 0 saturated carbocycles. The van der Waals surface area contributed by atoms with Crippen molar-refractivity contribution in [3.63, 3.8) is 0 Å². The molecule has 98 valence electrons. The number of rotatable bonds is 3. The van der Waals surface area contributed by atoms with Crippen molar-refractivity contribution < 1.29 is 4.74 Å². The van der Waals surface area contributed by atoms with E-state index in [9.17, 15) is 0 Å². The van der Waals surface area contributed by atoms with E-state index in [4.69, 9.17) is 10.5 Å². The van der Waals surface area contributed by atoms with Crippen LogP contribution in [0.1, 0.15) is 36.1 Å². The number of nitrogens with two attached hydrogens (primary N) is 1. The van der Waals surface area contributed by atoms with Crippen LogP contribution in [0.25, 0.3) is 0 Å². The minimum Gasteiger partial charge on any atom is -0.457 e. The average molecular weight is 253 g/mol. The van der Waals surface area contributed by atoms with Crippen LogP contribution >= 0.6 is 0 Å². The SMILES string of the molecule is C[C@H](N)c1ccc(Oc2ccc3c(c2)CCC3)cc1. The van der Waals surface area contributed by atoms with Crippen LogP contribution in [0.2, 0.25) is 0 Å².